The number of terminal acetylenes is 1. The normalized spacial score (nSPS) is 12.1. The molecule has 0 bridgehead atoms. The summed E-state index contributed by atoms with van der Waals surface area (Å²) in [5, 5.41) is 6.15. The van der Waals surface area contributed by atoms with Gasteiger partial charge in [-0.3, -0.25) is 5.32 Å². The van der Waals surface area contributed by atoms with Crippen LogP contribution in [0.3, 0.4) is 0 Å². The van der Waals surface area contributed by atoms with Crippen LogP contribution >= 0.6 is 11.3 Å². The van der Waals surface area contributed by atoms with Gasteiger partial charge in [0.1, 0.15) is 10.8 Å². The van der Waals surface area contributed by atoms with E-state index in [4.69, 9.17) is 6.42 Å². The van der Waals surface area contributed by atoms with Crippen LogP contribution in [0.1, 0.15) is 19.0 Å². The first-order valence-electron chi connectivity index (χ1n) is 6.12. The molecule has 98 valence electrons. The van der Waals surface area contributed by atoms with E-state index in [1.54, 1.807) is 23.5 Å². The second-order valence-electron chi connectivity index (χ2n) is 4.16. The molecular weight excluding hydrogens is 259 g/mol. The predicted molar refractivity (Wildman–Crippen MR) is 77.3 cm³/mol. The highest BCUT2D eigenvalue weighted by molar-refractivity contribution is 7.13. The molecule has 2 nitrogen and oxygen atoms in total. The number of thiazole rings is 1. The van der Waals surface area contributed by atoms with Gasteiger partial charge in [-0.15, -0.1) is 17.8 Å². The topological polar surface area (TPSA) is 24.9 Å². The first-order chi connectivity index (χ1) is 9.22. The van der Waals surface area contributed by atoms with Crippen molar-refractivity contribution in [3.63, 3.8) is 0 Å². The quantitative estimate of drug-likeness (QED) is 0.845. The van der Waals surface area contributed by atoms with Crippen LogP contribution in [-0.2, 0) is 6.54 Å². The molecule has 1 heterocycles. The lowest BCUT2D eigenvalue weighted by molar-refractivity contribution is 0.587. The van der Waals surface area contributed by atoms with Gasteiger partial charge >= 0.3 is 0 Å². The molecule has 19 heavy (non-hydrogen) atoms. The summed E-state index contributed by atoms with van der Waals surface area (Å²) in [5.41, 5.74) is 1.89. The van der Waals surface area contributed by atoms with Crippen molar-refractivity contribution in [2.45, 2.75) is 25.9 Å². The van der Waals surface area contributed by atoms with Gasteiger partial charge in [0.05, 0.1) is 11.7 Å². The smallest absolute Gasteiger partial charge is 0.123 e. The van der Waals surface area contributed by atoms with Crippen molar-refractivity contribution in [3.05, 3.63) is 41.2 Å². The SMILES string of the molecule is C#CC(CC)NCc1csc(-c2ccc(F)cc2)n1. The Kier molecular flexibility index (Phi) is 4.67. The molecule has 0 spiro atoms. The summed E-state index contributed by atoms with van der Waals surface area (Å²) in [6.45, 7) is 2.70. The van der Waals surface area contributed by atoms with Crippen molar-refractivity contribution >= 4 is 11.3 Å². The minimum absolute atomic E-state index is 0.0796. The van der Waals surface area contributed by atoms with Gasteiger partial charge < -0.3 is 0 Å². The summed E-state index contributed by atoms with van der Waals surface area (Å²) in [6, 6.07) is 6.44. The fraction of sp³-hybridized carbons (Fsp3) is 0.267. The van der Waals surface area contributed by atoms with E-state index < -0.39 is 0 Å². The highest BCUT2D eigenvalue weighted by Crippen LogP contribution is 2.23. The molecule has 1 N–H and O–H groups in total. The number of nitrogens with zero attached hydrogens (tertiary/aromatic N) is 1. The summed E-state index contributed by atoms with van der Waals surface area (Å²) in [7, 11) is 0. The summed E-state index contributed by atoms with van der Waals surface area (Å²) in [6.07, 6.45) is 6.29. The molecule has 0 amide bonds. The fourth-order valence-corrected chi connectivity index (χ4v) is 2.49. The van der Waals surface area contributed by atoms with E-state index in [-0.39, 0.29) is 11.9 Å². The van der Waals surface area contributed by atoms with Crippen molar-refractivity contribution in [2.24, 2.45) is 0 Å². The van der Waals surface area contributed by atoms with Crippen LogP contribution in [0, 0.1) is 18.2 Å². The number of hydrogen-bond acceptors (Lipinski definition) is 3. The van der Waals surface area contributed by atoms with Crippen LogP contribution in [0.2, 0.25) is 0 Å². The van der Waals surface area contributed by atoms with Gasteiger partial charge in [0.25, 0.3) is 0 Å². The van der Waals surface area contributed by atoms with E-state index in [0.29, 0.717) is 6.54 Å². The van der Waals surface area contributed by atoms with Crippen LogP contribution in [0.4, 0.5) is 4.39 Å². The van der Waals surface area contributed by atoms with Crippen molar-refractivity contribution < 1.29 is 4.39 Å². The molecule has 0 aliphatic rings. The molecule has 0 saturated carbocycles. The van der Waals surface area contributed by atoms with Gasteiger partial charge in [0.15, 0.2) is 0 Å². The third-order valence-corrected chi connectivity index (χ3v) is 3.72. The van der Waals surface area contributed by atoms with E-state index >= 15 is 0 Å². The summed E-state index contributed by atoms with van der Waals surface area (Å²) in [4.78, 5) is 4.52. The number of aromatic nitrogens is 1. The molecule has 0 saturated heterocycles. The molecular formula is C15H15FN2S. The van der Waals surface area contributed by atoms with Crippen LogP contribution in [-0.4, -0.2) is 11.0 Å². The molecule has 0 radical (unpaired) electrons. The predicted octanol–water partition coefficient (Wildman–Crippen LogP) is 3.45. The number of rotatable bonds is 5. The van der Waals surface area contributed by atoms with Gasteiger partial charge in [0, 0.05) is 17.5 Å². The number of hydrogen-bond donors (Lipinski definition) is 1. The Morgan fingerprint density at radius 2 is 2.16 bits per heavy atom. The first kappa shape index (κ1) is 13.7. The minimum atomic E-state index is -0.234. The maximum atomic E-state index is 12.8. The zero-order valence-corrected chi connectivity index (χ0v) is 11.5. The second kappa shape index (κ2) is 6.46. The van der Waals surface area contributed by atoms with Crippen molar-refractivity contribution in [2.75, 3.05) is 0 Å². The van der Waals surface area contributed by atoms with E-state index in [1.807, 2.05) is 12.3 Å². The monoisotopic (exact) mass is 274 g/mol. The number of halogens is 1. The lowest BCUT2D eigenvalue weighted by atomic mass is 10.2. The van der Waals surface area contributed by atoms with E-state index in [2.05, 4.69) is 16.2 Å². The Hall–Kier alpha value is -1.70. The van der Waals surface area contributed by atoms with Gasteiger partial charge in [-0.25, -0.2) is 9.37 Å². The Morgan fingerprint density at radius 1 is 1.42 bits per heavy atom. The highest BCUT2D eigenvalue weighted by atomic mass is 32.1. The van der Waals surface area contributed by atoms with Crippen LogP contribution in [0.25, 0.3) is 10.6 Å². The molecule has 0 fully saturated rings. The molecule has 1 atom stereocenters. The Labute approximate surface area is 116 Å². The molecule has 0 aliphatic heterocycles. The number of nitrogens with one attached hydrogen (secondary N) is 1. The third kappa shape index (κ3) is 3.63. The second-order valence-corrected chi connectivity index (χ2v) is 5.02. The molecule has 4 heteroatoms. The van der Waals surface area contributed by atoms with Gasteiger partial charge in [-0.2, -0.15) is 0 Å². The standard InChI is InChI=1S/C15H15FN2S/c1-3-13(4-2)17-9-14-10-19-15(18-14)11-5-7-12(16)8-6-11/h1,5-8,10,13,17H,4,9H2,2H3. The lowest BCUT2D eigenvalue weighted by Gasteiger charge is -2.08. The Morgan fingerprint density at radius 3 is 2.79 bits per heavy atom. The molecule has 2 rings (SSSR count). The van der Waals surface area contributed by atoms with Crippen molar-refractivity contribution in [1.29, 1.82) is 0 Å². The molecule has 0 aliphatic carbocycles. The van der Waals surface area contributed by atoms with Gasteiger partial charge in [-0.05, 0) is 30.7 Å². The molecule has 2 aromatic rings. The van der Waals surface area contributed by atoms with Crippen molar-refractivity contribution in [3.8, 4) is 22.9 Å². The lowest BCUT2D eigenvalue weighted by Crippen LogP contribution is -2.26. The third-order valence-electron chi connectivity index (χ3n) is 2.78. The first-order valence-corrected chi connectivity index (χ1v) is 7.00. The fourth-order valence-electron chi connectivity index (χ4n) is 1.66. The molecule has 1 aromatic heterocycles. The largest absolute Gasteiger partial charge is 0.298 e. The van der Waals surface area contributed by atoms with Crippen LogP contribution in [0.5, 0.6) is 0 Å². The van der Waals surface area contributed by atoms with Gasteiger partial charge in [-0.1, -0.05) is 12.8 Å². The average molecular weight is 274 g/mol. The summed E-state index contributed by atoms with van der Waals surface area (Å²) in [5.74, 6) is 2.46. The summed E-state index contributed by atoms with van der Waals surface area (Å²) >= 11 is 1.55. The maximum absolute atomic E-state index is 12.8. The van der Waals surface area contributed by atoms with E-state index in [1.165, 1.54) is 12.1 Å². The van der Waals surface area contributed by atoms with E-state index in [9.17, 15) is 4.39 Å². The number of benzene rings is 1. The van der Waals surface area contributed by atoms with Crippen molar-refractivity contribution in [1.82, 2.24) is 10.3 Å². The average Bonchev–Trinajstić information content (AvgIpc) is 2.89. The Bertz CT molecular complexity index is 569. The molecule has 1 aromatic carbocycles. The highest BCUT2D eigenvalue weighted by Gasteiger charge is 2.06. The maximum Gasteiger partial charge on any atom is 0.123 e. The summed E-state index contributed by atoms with van der Waals surface area (Å²) < 4.78 is 12.8. The minimum Gasteiger partial charge on any atom is -0.298 e. The zero-order valence-electron chi connectivity index (χ0n) is 10.7. The van der Waals surface area contributed by atoms with Crippen LogP contribution < -0.4 is 5.32 Å². The van der Waals surface area contributed by atoms with Gasteiger partial charge in [0.2, 0.25) is 0 Å². The molecule has 1 unspecified atom stereocenters. The zero-order chi connectivity index (χ0) is 13.7. The Balaban J connectivity index is 2.03. The van der Waals surface area contributed by atoms with E-state index in [0.717, 1.165) is 22.7 Å². The van der Waals surface area contributed by atoms with Crippen LogP contribution in [0.15, 0.2) is 29.6 Å².